The normalized spacial score (nSPS) is 17.8. The predicted molar refractivity (Wildman–Crippen MR) is 105 cm³/mol. The first-order chi connectivity index (χ1) is 12.4. The highest BCUT2D eigenvalue weighted by molar-refractivity contribution is 6.29. The lowest BCUT2D eigenvalue weighted by Gasteiger charge is -2.26. The van der Waals surface area contributed by atoms with Crippen molar-refractivity contribution in [1.82, 2.24) is 14.9 Å². The Labute approximate surface area is 160 Å². The van der Waals surface area contributed by atoms with Gasteiger partial charge >= 0.3 is 0 Å². The van der Waals surface area contributed by atoms with Crippen LogP contribution < -0.4 is 0 Å². The first kappa shape index (κ1) is 19.9. The van der Waals surface area contributed by atoms with E-state index in [9.17, 15) is 4.79 Å². The maximum atomic E-state index is 12.4. The summed E-state index contributed by atoms with van der Waals surface area (Å²) in [5, 5.41) is 0.418. The summed E-state index contributed by atoms with van der Waals surface area (Å²) in [5.41, 5.74) is 2.26. The molecule has 2 aromatic heterocycles. The molecule has 0 radical (unpaired) electrons. The number of carbonyl (C=O) groups excluding carboxylic acids is 1. The molecule has 1 amide bonds. The topological polar surface area (TPSA) is 46.1 Å². The minimum atomic E-state index is -0.175. The highest BCUT2D eigenvalue weighted by Gasteiger charge is 2.43. The van der Waals surface area contributed by atoms with Crippen LogP contribution in [0.3, 0.4) is 0 Å². The van der Waals surface area contributed by atoms with Crippen LogP contribution in [0.1, 0.15) is 56.9 Å². The van der Waals surface area contributed by atoms with Gasteiger partial charge in [0.2, 0.25) is 5.91 Å². The summed E-state index contributed by atoms with van der Waals surface area (Å²) in [6, 6.07) is 7.30. The van der Waals surface area contributed by atoms with Gasteiger partial charge in [0.05, 0.1) is 11.6 Å². The molecule has 0 aromatic carbocycles. The molecule has 3 rings (SSSR count). The molecule has 1 aliphatic rings. The molecule has 1 aliphatic heterocycles. The fourth-order valence-electron chi connectivity index (χ4n) is 2.80. The van der Waals surface area contributed by atoms with Crippen LogP contribution in [-0.4, -0.2) is 33.4 Å². The summed E-state index contributed by atoms with van der Waals surface area (Å²) in [7, 11) is 1.85. The minimum absolute atomic E-state index is 0.123. The van der Waals surface area contributed by atoms with Crippen molar-refractivity contribution < 1.29 is 4.79 Å². The van der Waals surface area contributed by atoms with Crippen LogP contribution in [0, 0.1) is 11.8 Å². The van der Waals surface area contributed by atoms with Gasteiger partial charge in [-0.15, -0.1) is 0 Å². The van der Waals surface area contributed by atoms with Crippen molar-refractivity contribution in [2.45, 2.75) is 45.6 Å². The number of hydrogen-bond acceptors (Lipinski definition) is 3. The number of likely N-dealkylation sites (N-methyl/N-ethyl adjacent to an activating group) is 1. The molecule has 1 atom stereocenters. The minimum Gasteiger partial charge on any atom is -0.340 e. The number of amides is 1. The quantitative estimate of drug-likeness (QED) is 0.556. The summed E-state index contributed by atoms with van der Waals surface area (Å²) in [6.45, 7) is 8.15. The van der Waals surface area contributed by atoms with Crippen LogP contribution in [0.15, 0.2) is 36.7 Å². The van der Waals surface area contributed by atoms with Crippen LogP contribution >= 0.6 is 11.6 Å². The van der Waals surface area contributed by atoms with Crippen molar-refractivity contribution in [2.24, 2.45) is 0 Å². The van der Waals surface area contributed by atoms with Crippen LogP contribution in [0.4, 0.5) is 0 Å². The van der Waals surface area contributed by atoms with E-state index in [4.69, 9.17) is 11.6 Å². The van der Waals surface area contributed by atoms with E-state index in [1.54, 1.807) is 29.4 Å². The fourth-order valence-corrected chi connectivity index (χ4v) is 2.97. The Kier molecular flexibility index (Phi) is 6.39. The maximum Gasteiger partial charge on any atom is 0.231 e. The SMILES string of the molecule is CC.CN1C(=O)C(c2ccc(C#Cc3ccnc(Cl)c3)cn2)CC1(C)C. The third kappa shape index (κ3) is 4.42. The molecule has 136 valence electrons. The zero-order valence-electron chi connectivity index (χ0n) is 15.9. The average Bonchev–Trinajstić information content (AvgIpc) is 2.85. The van der Waals surface area contributed by atoms with E-state index < -0.39 is 0 Å². The molecule has 0 aliphatic carbocycles. The second-order valence-corrected chi connectivity index (χ2v) is 6.94. The van der Waals surface area contributed by atoms with E-state index in [1.807, 2.05) is 33.0 Å². The molecule has 26 heavy (non-hydrogen) atoms. The summed E-state index contributed by atoms with van der Waals surface area (Å²) >= 11 is 5.84. The maximum absolute atomic E-state index is 12.4. The van der Waals surface area contributed by atoms with Gasteiger partial charge < -0.3 is 4.90 Å². The fraction of sp³-hybridized carbons (Fsp3) is 0.381. The van der Waals surface area contributed by atoms with Crippen molar-refractivity contribution in [3.05, 3.63) is 58.6 Å². The second kappa shape index (κ2) is 8.33. The molecule has 4 nitrogen and oxygen atoms in total. The van der Waals surface area contributed by atoms with E-state index in [0.29, 0.717) is 5.15 Å². The first-order valence-corrected chi connectivity index (χ1v) is 9.12. The van der Waals surface area contributed by atoms with Crippen molar-refractivity contribution in [3.63, 3.8) is 0 Å². The molecule has 0 bridgehead atoms. The van der Waals surface area contributed by atoms with Crippen LogP contribution in [0.5, 0.6) is 0 Å². The van der Waals surface area contributed by atoms with Gasteiger partial charge in [0, 0.05) is 36.1 Å². The van der Waals surface area contributed by atoms with Crippen molar-refractivity contribution in [1.29, 1.82) is 0 Å². The molecule has 1 unspecified atom stereocenters. The third-order valence-corrected chi connectivity index (χ3v) is 4.67. The van der Waals surface area contributed by atoms with Crippen molar-refractivity contribution in [2.75, 3.05) is 7.05 Å². The zero-order chi connectivity index (χ0) is 19.3. The number of halogens is 1. The smallest absolute Gasteiger partial charge is 0.231 e. The second-order valence-electron chi connectivity index (χ2n) is 6.56. The molecule has 0 spiro atoms. The molecular formula is C21H24ClN3O. The molecule has 0 N–H and O–H groups in total. The zero-order valence-corrected chi connectivity index (χ0v) is 16.6. The third-order valence-electron chi connectivity index (χ3n) is 4.46. The Morgan fingerprint density at radius 2 is 1.85 bits per heavy atom. The van der Waals surface area contributed by atoms with E-state index in [0.717, 1.165) is 23.2 Å². The number of pyridine rings is 2. The van der Waals surface area contributed by atoms with Gasteiger partial charge in [-0.1, -0.05) is 37.3 Å². The average molecular weight is 370 g/mol. The number of rotatable bonds is 1. The van der Waals surface area contributed by atoms with E-state index >= 15 is 0 Å². The predicted octanol–water partition coefficient (Wildman–Crippen LogP) is 4.28. The summed E-state index contributed by atoms with van der Waals surface area (Å²) in [5.74, 6) is 6.03. The summed E-state index contributed by atoms with van der Waals surface area (Å²) in [6.07, 6.45) is 4.11. The highest BCUT2D eigenvalue weighted by atomic mass is 35.5. The number of hydrogen-bond donors (Lipinski definition) is 0. The van der Waals surface area contributed by atoms with Gasteiger partial charge in [-0.3, -0.25) is 9.78 Å². The van der Waals surface area contributed by atoms with Crippen molar-refractivity contribution >= 4 is 17.5 Å². The van der Waals surface area contributed by atoms with Crippen LogP contribution in [-0.2, 0) is 4.79 Å². The molecule has 0 saturated carbocycles. The Hall–Kier alpha value is -2.38. The number of carbonyl (C=O) groups is 1. The highest BCUT2D eigenvalue weighted by Crippen LogP contribution is 2.37. The van der Waals surface area contributed by atoms with Crippen LogP contribution in [0.25, 0.3) is 0 Å². The molecule has 5 heteroatoms. The monoisotopic (exact) mass is 369 g/mol. The molecule has 2 aromatic rings. The Bertz CT molecular complexity index is 834. The van der Waals surface area contributed by atoms with Gasteiger partial charge in [-0.25, -0.2) is 4.98 Å². The number of likely N-dealkylation sites (tertiary alicyclic amines) is 1. The van der Waals surface area contributed by atoms with Gasteiger partial charge in [-0.2, -0.15) is 0 Å². The Balaban J connectivity index is 0.00000117. The van der Waals surface area contributed by atoms with E-state index in [1.165, 1.54) is 0 Å². The largest absolute Gasteiger partial charge is 0.340 e. The van der Waals surface area contributed by atoms with Gasteiger partial charge in [-0.05, 0) is 44.5 Å². The molecule has 1 fully saturated rings. The number of nitrogens with zero attached hydrogens (tertiary/aromatic N) is 3. The van der Waals surface area contributed by atoms with Crippen molar-refractivity contribution in [3.8, 4) is 11.8 Å². The Morgan fingerprint density at radius 3 is 2.38 bits per heavy atom. The lowest BCUT2D eigenvalue weighted by molar-refractivity contribution is -0.130. The lowest BCUT2D eigenvalue weighted by Crippen LogP contribution is -2.37. The number of aromatic nitrogens is 2. The standard InChI is InChI=1S/C19H18ClN3O.C2H6/c1-19(2)11-15(18(24)23(19)3)16-7-6-14(12-22-16)5-4-13-8-9-21-17(20)10-13;1-2/h6-10,12,15H,11H2,1-3H3;1-2H3. The molecule has 3 heterocycles. The van der Waals surface area contributed by atoms with Gasteiger partial charge in [0.25, 0.3) is 0 Å². The van der Waals surface area contributed by atoms with E-state index in [-0.39, 0.29) is 17.4 Å². The van der Waals surface area contributed by atoms with Crippen LogP contribution in [0.2, 0.25) is 5.15 Å². The molecule has 1 saturated heterocycles. The summed E-state index contributed by atoms with van der Waals surface area (Å²) in [4.78, 5) is 22.6. The van der Waals surface area contributed by atoms with Gasteiger partial charge in [0.15, 0.2) is 0 Å². The van der Waals surface area contributed by atoms with Gasteiger partial charge in [0.1, 0.15) is 5.15 Å². The lowest BCUT2D eigenvalue weighted by atomic mass is 9.93. The van der Waals surface area contributed by atoms with E-state index in [2.05, 4.69) is 35.7 Å². The first-order valence-electron chi connectivity index (χ1n) is 8.74. The summed E-state index contributed by atoms with van der Waals surface area (Å²) < 4.78 is 0. The molecular weight excluding hydrogens is 346 g/mol. The Morgan fingerprint density at radius 1 is 1.15 bits per heavy atom.